The highest BCUT2D eigenvalue weighted by Crippen LogP contribution is 2.32. The quantitative estimate of drug-likeness (QED) is 0.156. The first kappa shape index (κ1) is 32.8. The van der Waals surface area contributed by atoms with Crippen LogP contribution in [0.2, 0.25) is 0 Å². The van der Waals surface area contributed by atoms with Gasteiger partial charge in [-0.3, -0.25) is 14.4 Å². The summed E-state index contributed by atoms with van der Waals surface area (Å²) in [6.07, 6.45) is 8.81. The third-order valence-electron chi connectivity index (χ3n) is 8.62. The number of ether oxygens (including phenoxy) is 2. The fourth-order valence-corrected chi connectivity index (χ4v) is 6.26. The van der Waals surface area contributed by atoms with Crippen molar-refractivity contribution in [2.75, 3.05) is 14.2 Å². The first-order valence-corrected chi connectivity index (χ1v) is 15.9. The molecule has 0 aromatic heterocycles. The van der Waals surface area contributed by atoms with Crippen LogP contribution < -0.4 is 20.1 Å². The van der Waals surface area contributed by atoms with Crippen LogP contribution in [0, 0.1) is 12.8 Å². The molecule has 2 unspecified atom stereocenters. The number of rotatable bonds is 15. The maximum absolute atomic E-state index is 13.7. The van der Waals surface area contributed by atoms with E-state index in [2.05, 4.69) is 59.2 Å². The second kappa shape index (κ2) is 16.6. The highest BCUT2D eigenvalue weighted by molar-refractivity contribution is 6.43. The van der Waals surface area contributed by atoms with E-state index in [1.165, 1.54) is 31.4 Å². The van der Waals surface area contributed by atoms with Crippen molar-refractivity contribution in [3.05, 3.63) is 95.1 Å². The number of aryl methyl sites for hydroxylation is 3. The van der Waals surface area contributed by atoms with Crippen LogP contribution >= 0.6 is 0 Å². The maximum Gasteiger partial charge on any atom is 0.292 e. The zero-order valence-corrected chi connectivity index (χ0v) is 26.3. The van der Waals surface area contributed by atoms with Gasteiger partial charge in [0, 0.05) is 17.6 Å². The van der Waals surface area contributed by atoms with Crippen LogP contribution in [0.1, 0.15) is 78.4 Å². The molecule has 3 aromatic rings. The summed E-state index contributed by atoms with van der Waals surface area (Å²) in [5.41, 5.74) is 3.52. The van der Waals surface area contributed by atoms with E-state index in [-0.39, 0.29) is 23.4 Å². The van der Waals surface area contributed by atoms with Crippen LogP contribution in [0.25, 0.3) is 0 Å². The van der Waals surface area contributed by atoms with E-state index in [1.54, 1.807) is 13.0 Å². The summed E-state index contributed by atoms with van der Waals surface area (Å²) in [6, 6.07) is 23.7. The smallest absolute Gasteiger partial charge is 0.292 e. The van der Waals surface area contributed by atoms with E-state index in [4.69, 9.17) is 9.47 Å². The number of carbonyl (C=O) groups excluding carboxylic acids is 3. The number of nitrogens with one attached hydrogen (secondary N) is 2. The van der Waals surface area contributed by atoms with Gasteiger partial charge in [-0.05, 0) is 87.1 Å². The lowest BCUT2D eigenvalue weighted by Crippen LogP contribution is -2.51. The standard InChI is InChI=1S/C37H46N2O5/c1-26-24-29(25-33(43-2)35(26)44-3)34(40)37(42)39-32-23-11-10-22-31(32)36(41)38-30(20-12-18-27-14-6-4-7-15-27)21-13-19-28-16-8-5-9-17-28/h4-9,14-17,24-25,30-32H,10-13,18-23H2,1-3H3,(H,38,41)(H,39,42). The van der Waals surface area contributed by atoms with Crippen LogP contribution in [0.4, 0.5) is 0 Å². The third-order valence-corrected chi connectivity index (χ3v) is 8.62. The summed E-state index contributed by atoms with van der Waals surface area (Å²) < 4.78 is 10.7. The SMILES string of the molecule is COc1cc(C(=O)C(=O)NC2CCCCC2C(=O)NC(CCCc2ccccc2)CCCc2ccccc2)cc(C)c1OC. The molecule has 0 saturated heterocycles. The van der Waals surface area contributed by atoms with Gasteiger partial charge in [0.1, 0.15) is 0 Å². The minimum absolute atomic E-state index is 0.0335. The normalized spacial score (nSPS) is 16.3. The van der Waals surface area contributed by atoms with Gasteiger partial charge in [0.25, 0.3) is 5.91 Å². The third kappa shape index (κ3) is 9.18. The molecule has 2 amide bonds. The predicted molar refractivity (Wildman–Crippen MR) is 173 cm³/mol. The summed E-state index contributed by atoms with van der Waals surface area (Å²) >= 11 is 0. The number of benzene rings is 3. The van der Waals surface area contributed by atoms with Gasteiger partial charge in [-0.15, -0.1) is 0 Å². The fraction of sp³-hybridized carbons (Fsp3) is 0.432. The highest BCUT2D eigenvalue weighted by Gasteiger charge is 2.34. The van der Waals surface area contributed by atoms with Crippen molar-refractivity contribution in [1.29, 1.82) is 0 Å². The van der Waals surface area contributed by atoms with Gasteiger partial charge in [-0.1, -0.05) is 73.5 Å². The number of amides is 2. The first-order chi connectivity index (χ1) is 21.4. The van der Waals surface area contributed by atoms with E-state index in [9.17, 15) is 14.4 Å². The topological polar surface area (TPSA) is 93.7 Å². The molecule has 7 heteroatoms. The highest BCUT2D eigenvalue weighted by atomic mass is 16.5. The predicted octanol–water partition coefficient (Wildman–Crippen LogP) is 6.40. The molecular weight excluding hydrogens is 552 g/mol. The minimum Gasteiger partial charge on any atom is -0.493 e. The second-order valence-electron chi connectivity index (χ2n) is 11.8. The van der Waals surface area contributed by atoms with Crippen molar-refractivity contribution in [2.24, 2.45) is 5.92 Å². The number of Topliss-reactive ketones (excluding diaryl/α,β-unsaturated/α-hetero) is 1. The number of hydrogen-bond donors (Lipinski definition) is 2. The van der Waals surface area contributed by atoms with Crippen LogP contribution in [0.5, 0.6) is 11.5 Å². The summed E-state index contributed by atoms with van der Waals surface area (Å²) in [7, 11) is 3.03. The summed E-state index contributed by atoms with van der Waals surface area (Å²) in [5.74, 6) is -0.853. The fourth-order valence-electron chi connectivity index (χ4n) is 6.26. The van der Waals surface area contributed by atoms with Crippen LogP contribution in [0.15, 0.2) is 72.8 Å². The van der Waals surface area contributed by atoms with E-state index in [0.717, 1.165) is 51.4 Å². The molecule has 0 heterocycles. The van der Waals surface area contributed by atoms with Gasteiger partial charge in [0.15, 0.2) is 11.5 Å². The second-order valence-corrected chi connectivity index (χ2v) is 11.8. The molecular formula is C37H46N2O5. The van der Waals surface area contributed by atoms with Crippen molar-refractivity contribution in [1.82, 2.24) is 10.6 Å². The molecule has 3 aromatic carbocycles. The Morgan fingerprint density at radius 3 is 1.98 bits per heavy atom. The Kier molecular flexibility index (Phi) is 12.4. The largest absolute Gasteiger partial charge is 0.493 e. The Morgan fingerprint density at radius 1 is 0.818 bits per heavy atom. The van der Waals surface area contributed by atoms with E-state index < -0.39 is 17.7 Å². The van der Waals surface area contributed by atoms with Crippen molar-refractivity contribution in [2.45, 2.75) is 83.2 Å². The molecule has 2 N–H and O–H groups in total. The Labute approximate surface area is 261 Å². The summed E-state index contributed by atoms with van der Waals surface area (Å²) in [6.45, 7) is 1.80. The summed E-state index contributed by atoms with van der Waals surface area (Å²) in [5, 5.41) is 6.27. The molecule has 2 atom stereocenters. The number of ketones is 1. The summed E-state index contributed by atoms with van der Waals surface area (Å²) in [4.78, 5) is 40.0. The van der Waals surface area contributed by atoms with Crippen LogP contribution in [0.3, 0.4) is 0 Å². The van der Waals surface area contributed by atoms with Gasteiger partial charge in [-0.2, -0.15) is 0 Å². The molecule has 1 aliphatic rings. The van der Waals surface area contributed by atoms with Crippen molar-refractivity contribution < 1.29 is 23.9 Å². The van der Waals surface area contributed by atoms with Crippen LogP contribution in [-0.4, -0.2) is 43.9 Å². The molecule has 7 nitrogen and oxygen atoms in total. The molecule has 0 aliphatic heterocycles. The number of carbonyl (C=O) groups is 3. The first-order valence-electron chi connectivity index (χ1n) is 15.9. The lowest BCUT2D eigenvalue weighted by Gasteiger charge is -2.32. The zero-order chi connectivity index (χ0) is 31.3. The molecule has 1 saturated carbocycles. The Hall–Kier alpha value is -4.13. The van der Waals surface area contributed by atoms with E-state index in [1.807, 2.05) is 12.1 Å². The molecule has 44 heavy (non-hydrogen) atoms. The Bertz CT molecular complexity index is 1330. The van der Waals surface area contributed by atoms with Gasteiger partial charge >= 0.3 is 0 Å². The molecule has 0 radical (unpaired) electrons. The average molecular weight is 599 g/mol. The van der Waals surface area contributed by atoms with Gasteiger partial charge in [0.05, 0.1) is 20.1 Å². The average Bonchev–Trinajstić information content (AvgIpc) is 3.05. The molecule has 234 valence electrons. The Balaban J connectivity index is 1.39. The van der Waals surface area contributed by atoms with Crippen molar-refractivity contribution in [3.8, 4) is 11.5 Å². The van der Waals surface area contributed by atoms with Gasteiger partial charge < -0.3 is 20.1 Å². The maximum atomic E-state index is 13.7. The number of methoxy groups -OCH3 is 2. The molecule has 0 spiro atoms. The molecule has 1 aliphatic carbocycles. The van der Waals surface area contributed by atoms with Crippen molar-refractivity contribution >= 4 is 17.6 Å². The van der Waals surface area contributed by atoms with E-state index >= 15 is 0 Å². The van der Waals surface area contributed by atoms with Crippen molar-refractivity contribution in [3.63, 3.8) is 0 Å². The van der Waals surface area contributed by atoms with Crippen LogP contribution in [-0.2, 0) is 22.4 Å². The zero-order valence-electron chi connectivity index (χ0n) is 26.3. The van der Waals surface area contributed by atoms with E-state index in [0.29, 0.717) is 29.9 Å². The lowest BCUT2D eigenvalue weighted by atomic mass is 9.83. The molecule has 1 fully saturated rings. The molecule has 4 rings (SSSR count). The molecule has 0 bridgehead atoms. The van der Waals surface area contributed by atoms with Gasteiger partial charge in [-0.25, -0.2) is 0 Å². The Morgan fingerprint density at radius 2 is 1.41 bits per heavy atom. The van der Waals surface area contributed by atoms with Gasteiger partial charge in [0.2, 0.25) is 11.7 Å². The minimum atomic E-state index is -0.705. The lowest BCUT2D eigenvalue weighted by molar-refractivity contribution is -0.128. The number of hydrogen-bond acceptors (Lipinski definition) is 5. The monoisotopic (exact) mass is 598 g/mol.